The smallest absolute Gasteiger partial charge is 0.273 e. The molecule has 1 saturated heterocycles. The number of fused-ring (bicyclic) bond motifs is 1. The van der Waals surface area contributed by atoms with Crippen LogP contribution < -0.4 is 19.7 Å². The molecule has 4 rings (SSSR count). The molecule has 0 radical (unpaired) electrons. The van der Waals surface area contributed by atoms with E-state index in [2.05, 4.69) is 42.0 Å². The third-order valence-electron chi connectivity index (χ3n) is 7.47. The average Bonchev–Trinajstić information content (AvgIpc) is 3.24. The van der Waals surface area contributed by atoms with E-state index in [1.165, 1.54) is 7.05 Å². The minimum atomic E-state index is -0.396. The second kappa shape index (κ2) is 11.5. The van der Waals surface area contributed by atoms with Crippen LogP contribution in [0.1, 0.15) is 78.2 Å². The lowest BCUT2D eigenvalue weighted by molar-refractivity contribution is 0.0949. The number of methoxy groups -OCH3 is 1. The van der Waals surface area contributed by atoms with Gasteiger partial charge in [-0.05, 0) is 43.4 Å². The summed E-state index contributed by atoms with van der Waals surface area (Å²) in [5.41, 5.74) is 3.27. The van der Waals surface area contributed by atoms with Crippen molar-refractivity contribution in [3.63, 3.8) is 0 Å². The van der Waals surface area contributed by atoms with Gasteiger partial charge in [0.1, 0.15) is 17.3 Å². The summed E-state index contributed by atoms with van der Waals surface area (Å²) in [4.78, 5) is 34.5. The molecule has 2 N–H and O–H groups in total. The number of anilines is 1. The van der Waals surface area contributed by atoms with E-state index in [1.807, 2.05) is 19.1 Å². The lowest BCUT2D eigenvalue weighted by Gasteiger charge is -2.34. The maximum Gasteiger partial charge on any atom is 0.273 e. The number of amides is 1. The molecule has 40 heavy (non-hydrogen) atoms. The summed E-state index contributed by atoms with van der Waals surface area (Å²) in [6.45, 7) is 10.2. The van der Waals surface area contributed by atoms with Crippen LogP contribution in [-0.4, -0.2) is 67.8 Å². The number of hydrogen-bond acceptors (Lipinski definition) is 8. The number of carbonyl (C=O) groups is 2. The average molecular weight is 547 g/mol. The van der Waals surface area contributed by atoms with Crippen molar-refractivity contribution in [1.29, 1.82) is 10.7 Å². The van der Waals surface area contributed by atoms with Gasteiger partial charge in [-0.3, -0.25) is 15.0 Å². The number of ketones is 1. The van der Waals surface area contributed by atoms with Crippen LogP contribution >= 0.6 is 0 Å². The molecule has 3 heterocycles. The van der Waals surface area contributed by atoms with Gasteiger partial charge in [0.25, 0.3) is 5.91 Å². The zero-order chi connectivity index (χ0) is 29.2. The number of nitrogens with zero attached hydrogens (tertiary/aromatic N) is 4. The summed E-state index contributed by atoms with van der Waals surface area (Å²) >= 11 is 0. The molecule has 0 spiro atoms. The molecule has 1 amide bonds. The Balaban J connectivity index is 1.65. The molecule has 0 unspecified atom stereocenters. The third-order valence-corrected chi connectivity index (χ3v) is 7.47. The number of Topliss-reactive ketones (excluding diaryl/α,β-unsaturated/α-hetero) is 1. The Bertz CT molecular complexity index is 1370. The van der Waals surface area contributed by atoms with Crippen molar-refractivity contribution in [2.75, 3.05) is 45.3 Å². The number of pyridine rings is 1. The summed E-state index contributed by atoms with van der Waals surface area (Å²) in [6.07, 6.45) is 1.53. The maximum atomic E-state index is 13.8. The van der Waals surface area contributed by atoms with Gasteiger partial charge in [0.2, 0.25) is 0 Å². The number of carbonyl (C=O) groups excluding carboxylic acids is 2. The van der Waals surface area contributed by atoms with Gasteiger partial charge in [-0.25, -0.2) is 4.98 Å². The van der Waals surface area contributed by atoms with Gasteiger partial charge >= 0.3 is 0 Å². The molecule has 10 nitrogen and oxygen atoms in total. The molecule has 1 aromatic heterocycles. The second-order valence-electron chi connectivity index (χ2n) is 11.2. The van der Waals surface area contributed by atoms with Crippen LogP contribution in [-0.2, 0) is 12.0 Å². The van der Waals surface area contributed by atoms with Crippen molar-refractivity contribution < 1.29 is 19.1 Å². The van der Waals surface area contributed by atoms with Crippen LogP contribution in [0, 0.1) is 22.7 Å². The highest BCUT2D eigenvalue weighted by Gasteiger charge is 2.32. The lowest BCUT2D eigenvalue weighted by Crippen LogP contribution is -2.34. The third kappa shape index (κ3) is 5.60. The number of nitriles is 1. The Morgan fingerprint density at radius 3 is 2.50 bits per heavy atom. The number of nitrogens with one attached hydrogen (secondary N) is 2. The minimum absolute atomic E-state index is 0.0136. The van der Waals surface area contributed by atoms with Crippen molar-refractivity contribution in [3.8, 4) is 17.6 Å². The summed E-state index contributed by atoms with van der Waals surface area (Å²) in [5, 5.41) is 20.7. The van der Waals surface area contributed by atoms with Crippen molar-refractivity contribution in [2.45, 2.75) is 52.5 Å². The van der Waals surface area contributed by atoms with Gasteiger partial charge in [-0.2, -0.15) is 5.26 Å². The Morgan fingerprint density at radius 1 is 1.23 bits per heavy atom. The summed E-state index contributed by atoms with van der Waals surface area (Å²) in [7, 11) is 3.17. The Morgan fingerprint density at radius 2 is 1.93 bits per heavy atom. The van der Waals surface area contributed by atoms with Crippen molar-refractivity contribution in [1.82, 2.24) is 15.2 Å². The van der Waals surface area contributed by atoms with Crippen LogP contribution in [0.25, 0.3) is 0 Å². The first kappa shape index (κ1) is 28.9. The van der Waals surface area contributed by atoms with E-state index < -0.39 is 5.91 Å². The van der Waals surface area contributed by atoms with Crippen LogP contribution in [0.15, 0.2) is 18.2 Å². The zero-order valence-corrected chi connectivity index (χ0v) is 24.2. The number of hydrogen-bond donors (Lipinski definition) is 2. The van der Waals surface area contributed by atoms with Gasteiger partial charge in [0.05, 0.1) is 32.0 Å². The molecule has 0 bridgehead atoms. The molecule has 2 aromatic rings. The number of rotatable bonds is 8. The van der Waals surface area contributed by atoms with Crippen LogP contribution in [0.5, 0.6) is 11.5 Å². The molecule has 0 saturated carbocycles. The van der Waals surface area contributed by atoms with E-state index in [1.54, 1.807) is 18.1 Å². The van der Waals surface area contributed by atoms with Crippen molar-refractivity contribution in [3.05, 3.63) is 46.3 Å². The van der Waals surface area contributed by atoms with E-state index in [-0.39, 0.29) is 35.2 Å². The highest BCUT2D eigenvalue weighted by molar-refractivity contribution is 6.06. The zero-order valence-electron chi connectivity index (χ0n) is 24.2. The standard InChI is InChI=1S/C30H38N6O4/c1-7-40-24-14-20-16-36(28(32)25(20)34-26(24)29(38)33-5)17-23(37)19-12-21(30(2,3)4)27(39-6)22(13-19)35-10-8-18(15-31)9-11-35/h12-14,18,32H,7-11,16-17H2,1-6H3,(H,33,38). The van der Waals surface area contributed by atoms with Crippen LogP contribution in [0.3, 0.4) is 0 Å². The Kier molecular flexibility index (Phi) is 8.33. The number of amidine groups is 1. The second-order valence-corrected chi connectivity index (χ2v) is 11.2. The van der Waals surface area contributed by atoms with Crippen molar-refractivity contribution in [2.24, 2.45) is 5.92 Å². The number of ether oxygens (including phenoxy) is 2. The highest BCUT2D eigenvalue weighted by Crippen LogP contribution is 2.41. The fraction of sp³-hybridized carbons (Fsp3) is 0.500. The minimum Gasteiger partial charge on any atom is -0.494 e. The SMILES string of the molecule is CCOc1cc2c(nc1C(=O)NC)C(=N)N(CC(=O)c1cc(N3CCC(C#N)CC3)c(OC)c(C(C)(C)C)c1)C2. The number of aromatic nitrogens is 1. The molecule has 212 valence electrons. The molecule has 0 atom stereocenters. The fourth-order valence-corrected chi connectivity index (χ4v) is 5.27. The first-order chi connectivity index (χ1) is 19.0. The van der Waals surface area contributed by atoms with Crippen LogP contribution in [0.2, 0.25) is 0 Å². The lowest BCUT2D eigenvalue weighted by atomic mass is 9.84. The fourth-order valence-electron chi connectivity index (χ4n) is 5.27. The van der Waals surface area contributed by atoms with E-state index >= 15 is 0 Å². The van der Waals surface area contributed by atoms with Gasteiger partial charge in [0.15, 0.2) is 17.2 Å². The molecule has 0 aliphatic carbocycles. The predicted octanol–water partition coefficient (Wildman–Crippen LogP) is 3.91. The van der Waals surface area contributed by atoms with Gasteiger partial charge in [-0.1, -0.05) is 20.8 Å². The number of piperidine rings is 1. The summed E-state index contributed by atoms with van der Waals surface area (Å²) in [6, 6.07) is 7.89. The van der Waals surface area contributed by atoms with Crippen LogP contribution in [0.4, 0.5) is 5.69 Å². The topological polar surface area (TPSA) is 132 Å². The predicted molar refractivity (Wildman–Crippen MR) is 153 cm³/mol. The summed E-state index contributed by atoms with van der Waals surface area (Å²) in [5.74, 6) is 0.715. The molecular formula is C30H38N6O4. The van der Waals surface area contributed by atoms with Gasteiger partial charge in [0, 0.05) is 49.3 Å². The quantitative estimate of drug-likeness (QED) is 0.477. The van der Waals surface area contributed by atoms with Crippen molar-refractivity contribution >= 4 is 23.2 Å². The molecule has 2 aliphatic heterocycles. The highest BCUT2D eigenvalue weighted by atomic mass is 16.5. The van der Waals surface area contributed by atoms with E-state index in [0.29, 0.717) is 43.2 Å². The Hall–Kier alpha value is -4.13. The first-order valence-corrected chi connectivity index (χ1v) is 13.6. The largest absolute Gasteiger partial charge is 0.494 e. The summed E-state index contributed by atoms with van der Waals surface area (Å²) < 4.78 is 11.5. The van der Waals surface area contributed by atoms with Gasteiger partial charge in [-0.15, -0.1) is 0 Å². The Labute approximate surface area is 235 Å². The van der Waals surface area contributed by atoms with E-state index in [0.717, 1.165) is 35.4 Å². The molecule has 10 heteroatoms. The molecule has 1 aromatic carbocycles. The molecular weight excluding hydrogens is 508 g/mol. The van der Waals surface area contributed by atoms with Gasteiger partial charge < -0.3 is 24.6 Å². The molecule has 1 fully saturated rings. The first-order valence-electron chi connectivity index (χ1n) is 13.6. The monoisotopic (exact) mass is 546 g/mol. The molecule has 2 aliphatic rings. The number of benzene rings is 1. The maximum absolute atomic E-state index is 13.8. The van der Waals surface area contributed by atoms with E-state index in [9.17, 15) is 14.9 Å². The normalized spacial score (nSPS) is 15.5. The van der Waals surface area contributed by atoms with E-state index in [4.69, 9.17) is 14.9 Å².